The maximum Gasteiger partial charge on any atom is 0.339 e. The van der Waals surface area contributed by atoms with E-state index in [1.807, 2.05) is 86.5 Å². The summed E-state index contributed by atoms with van der Waals surface area (Å²) >= 11 is 0. The summed E-state index contributed by atoms with van der Waals surface area (Å²) in [6.07, 6.45) is 0. The van der Waals surface area contributed by atoms with Gasteiger partial charge in [0.15, 0.2) is 0 Å². The van der Waals surface area contributed by atoms with E-state index < -0.39 is 20.2 Å². The summed E-state index contributed by atoms with van der Waals surface area (Å²) in [4.78, 5) is 3.68. The highest BCUT2D eigenvalue weighted by atomic mass is 32.2. The molecule has 0 fully saturated rings. The molecule has 0 atom stereocenters. The molecule has 5 aromatic rings. The van der Waals surface area contributed by atoms with Gasteiger partial charge in [-0.2, -0.15) is 37.3 Å². The standard InChI is InChI=1S/C34H32N6O6S2/c1-39(2)29-16-8-25(9-17-29)35-37-27-12-20-33(21-13-27)47(41,42)45-31-6-5-7-32(24-31)46-48(43,44)34-22-14-28(15-23-34)38-36-26-10-18-30(19-11-26)40(3)4/h5-24H,1-4H3. The first-order chi connectivity index (χ1) is 22.9. The number of nitrogens with zero attached hydrogens (tertiary/aromatic N) is 6. The summed E-state index contributed by atoms with van der Waals surface area (Å²) in [6, 6.07) is 31.6. The van der Waals surface area contributed by atoms with Crippen molar-refractivity contribution in [2.24, 2.45) is 20.5 Å². The Morgan fingerprint density at radius 2 is 0.729 bits per heavy atom. The second-order valence-electron chi connectivity index (χ2n) is 10.8. The molecule has 14 heteroatoms. The van der Waals surface area contributed by atoms with Gasteiger partial charge in [-0.15, -0.1) is 0 Å². The number of anilines is 2. The van der Waals surface area contributed by atoms with E-state index in [2.05, 4.69) is 20.5 Å². The largest absolute Gasteiger partial charge is 0.379 e. The third-order valence-electron chi connectivity index (χ3n) is 6.76. The molecule has 0 heterocycles. The van der Waals surface area contributed by atoms with E-state index in [9.17, 15) is 16.8 Å². The molecule has 0 radical (unpaired) electrons. The first-order valence-corrected chi connectivity index (χ1v) is 17.3. The normalized spacial score (nSPS) is 11.9. The summed E-state index contributed by atoms with van der Waals surface area (Å²) in [6.45, 7) is 0. The number of azo groups is 2. The van der Waals surface area contributed by atoms with Crippen LogP contribution in [0.4, 0.5) is 34.1 Å². The molecule has 12 nitrogen and oxygen atoms in total. The lowest BCUT2D eigenvalue weighted by molar-refractivity contribution is 0.476. The molecule has 0 saturated heterocycles. The number of benzene rings is 5. The first-order valence-electron chi connectivity index (χ1n) is 14.5. The molecule has 48 heavy (non-hydrogen) atoms. The fourth-order valence-electron chi connectivity index (χ4n) is 4.15. The Labute approximate surface area is 279 Å². The van der Waals surface area contributed by atoms with Gasteiger partial charge in [-0.05, 0) is 109 Å². The monoisotopic (exact) mass is 684 g/mol. The molecule has 0 spiro atoms. The maximum absolute atomic E-state index is 13.0. The maximum atomic E-state index is 13.0. The molecule has 0 aliphatic carbocycles. The second kappa shape index (κ2) is 14.4. The predicted octanol–water partition coefficient (Wildman–Crippen LogP) is 8.18. The highest BCUT2D eigenvalue weighted by molar-refractivity contribution is 7.87. The minimum absolute atomic E-state index is 0.126. The zero-order chi connectivity index (χ0) is 34.3. The fraction of sp³-hybridized carbons (Fsp3) is 0.118. The number of hydrogen-bond acceptors (Lipinski definition) is 12. The van der Waals surface area contributed by atoms with Crippen molar-refractivity contribution >= 4 is 54.4 Å². The van der Waals surface area contributed by atoms with Gasteiger partial charge >= 0.3 is 20.2 Å². The third kappa shape index (κ3) is 8.80. The van der Waals surface area contributed by atoms with Gasteiger partial charge in [-0.1, -0.05) is 6.07 Å². The van der Waals surface area contributed by atoms with Crippen molar-refractivity contribution in [1.82, 2.24) is 0 Å². The summed E-state index contributed by atoms with van der Waals surface area (Å²) in [7, 11) is -0.767. The van der Waals surface area contributed by atoms with Crippen LogP contribution in [-0.4, -0.2) is 45.0 Å². The smallest absolute Gasteiger partial charge is 0.339 e. The molecule has 0 saturated carbocycles. The Balaban J connectivity index is 1.21. The predicted molar refractivity (Wildman–Crippen MR) is 185 cm³/mol. The molecule has 0 bridgehead atoms. The van der Waals surface area contributed by atoms with Gasteiger partial charge < -0.3 is 18.2 Å². The van der Waals surface area contributed by atoms with E-state index in [0.29, 0.717) is 22.7 Å². The summed E-state index contributed by atoms with van der Waals surface area (Å²) in [5.74, 6) is -0.274. The SMILES string of the molecule is CN(C)c1ccc(N=Nc2ccc(S(=O)(=O)Oc3cccc(OS(=O)(=O)c4ccc(N=Nc5ccc(N(C)C)cc5)cc4)c3)cc2)cc1. The van der Waals surface area contributed by atoms with Crippen molar-refractivity contribution in [3.8, 4) is 11.5 Å². The van der Waals surface area contributed by atoms with Crippen LogP contribution >= 0.6 is 0 Å². The average Bonchev–Trinajstić information content (AvgIpc) is 3.07. The van der Waals surface area contributed by atoms with Crippen LogP contribution in [0.5, 0.6) is 11.5 Å². The molecule has 0 N–H and O–H groups in total. The van der Waals surface area contributed by atoms with E-state index in [1.54, 1.807) is 0 Å². The van der Waals surface area contributed by atoms with Gasteiger partial charge in [0.25, 0.3) is 0 Å². The van der Waals surface area contributed by atoms with E-state index in [1.165, 1.54) is 72.8 Å². The highest BCUT2D eigenvalue weighted by Crippen LogP contribution is 2.28. The molecule has 0 aliphatic rings. The lowest BCUT2D eigenvalue weighted by Gasteiger charge is -2.11. The lowest BCUT2D eigenvalue weighted by atomic mass is 10.3. The van der Waals surface area contributed by atoms with E-state index >= 15 is 0 Å². The topological polar surface area (TPSA) is 143 Å². The molecule has 0 amide bonds. The Morgan fingerprint density at radius 1 is 0.438 bits per heavy atom. The minimum Gasteiger partial charge on any atom is -0.379 e. The van der Waals surface area contributed by atoms with E-state index in [0.717, 1.165) is 11.4 Å². The quantitative estimate of drug-likeness (QED) is 0.0946. The molecule has 5 aromatic carbocycles. The van der Waals surface area contributed by atoms with Gasteiger partial charge in [-0.25, -0.2) is 0 Å². The van der Waals surface area contributed by atoms with Crippen LogP contribution in [0.3, 0.4) is 0 Å². The molecule has 0 unspecified atom stereocenters. The number of hydrogen-bond donors (Lipinski definition) is 0. The summed E-state index contributed by atoms with van der Waals surface area (Å²) in [5.41, 5.74) is 4.22. The van der Waals surface area contributed by atoms with Crippen molar-refractivity contribution in [1.29, 1.82) is 0 Å². The first kappa shape index (κ1) is 33.8. The van der Waals surface area contributed by atoms with Crippen LogP contribution in [0.2, 0.25) is 0 Å². The highest BCUT2D eigenvalue weighted by Gasteiger charge is 2.20. The van der Waals surface area contributed by atoms with Crippen molar-refractivity contribution in [3.05, 3.63) is 121 Å². The Morgan fingerprint density at radius 3 is 1.02 bits per heavy atom. The summed E-state index contributed by atoms with van der Waals surface area (Å²) < 4.78 is 62.3. The molecule has 5 rings (SSSR count). The molecule has 0 aromatic heterocycles. The molecular weight excluding hydrogens is 653 g/mol. The van der Waals surface area contributed by atoms with Gasteiger partial charge in [-0.3, -0.25) is 0 Å². The van der Waals surface area contributed by atoms with Crippen LogP contribution in [-0.2, 0) is 20.2 Å². The molecular formula is C34H32N6O6S2. The van der Waals surface area contributed by atoms with Crippen LogP contribution in [0.25, 0.3) is 0 Å². The Hall–Kier alpha value is -5.60. The van der Waals surface area contributed by atoms with E-state index in [-0.39, 0.29) is 21.3 Å². The van der Waals surface area contributed by atoms with E-state index in [4.69, 9.17) is 8.37 Å². The number of rotatable bonds is 12. The van der Waals surface area contributed by atoms with Crippen molar-refractivity contribution in [3.63, 3.8) is 0 Å². The Bertz CT molecular complexity index is 1980. The van der Waals surface area contributed by atoms with Gasteiger partial charge in [0.2, 0.25) is 0 Å². The van der Waals surface area contributed by atoms with Crippen molar-refractivity contribution < 1.29 is 25.2 Å². The third-order valence-corrected chi connectivity index (χ3v) is 9.29. The minimum atomic E-state index is -4.26. The van der Waals surface area contributed by atoms with Crippen LogP contribution < -0.4 is 18.2 Å². The van der Waals surface area contributed by atoms with Gasteiger partial charge in [0, 0.05) is 45.6 Å². The zero-order valence-electron chi connectivity index (χ0n) is 26.5. The lowest BCUT2D eigenvalue weighted by Crippen LogP contribution is -2.11. The molecule has 0 aliphatic heterocycles. The molecule has 246 valence electrons. The van der Waals surface area contributed by atoms with Crippen LogP contribution in [0.15, 0.2) is 152 Å². The average molecular weight is 685 g/mol. The Kier molecular flexibility index (Phi) is 10.2. The van der Waals surface area contributed by atoms with Crippen LogP contribution in [0.1, 0.15) is 0 Å². The van der Waals surface area contributed by atoms with Gasteiger partial charge in [0.1, 0.15) is 21.3 Å². The fourth-order valence-corrected chi connectivity index (χ4v) is 6.00. The van der Waals surface area contributed by atoms with Crippen molar-refractivity contribution in [2.75, 3.05) is 38.0 Å². The zero-order valence-corrected chi connectivity index (χ0v) is 28.1. The van der Waals surface area contributed by atoms with Crippen LogP contribution in [0, 0.1) is 0 Å². The second-order valence-corrected chi connectivity index (χ2v) is 13.9. The van der Waals surface area contributed by atoms with Gasteiger partial charge in [0.05, 0.1) is 22.7 Å². The summed E-state index contributed by atoms with van der Waals surface area (Å²) in [5, 5.41) is 16.7. The van der Waals surface area contributed by atoms with Crippen molar-refractivity contribution in [2.45, 2.75) is 9.79 Å².